The van der Waals surface area contributed by atoms with E-state index in [4.69, 9.17) is 0 Å². The van der Waals surface area contributed by atoms with Crippen molar-refractivity contribution in [3.8, 4) is 0 Å². The second-order valence-electron chi connectivity index (χ2n) is 5.81. The van der Waals surface area contributed by atoms with E-state index in [-0.39, 0.29) is 0 Å². The van der Waals surface area contributed by atoms with Crippen LogP contribution < -0.4 is 0 Å². The fraction of sp³-hybridized carbons (Fsp3) is 0.500. The van der Waals surface area contributed by atoms with E-state index in [0.29, 0.717) is 5.56 Å². The van der Waals surface area contributed by atoms with Crippen LogP contribution in [0.25, 0.3) is 10.9 Å². The molecule has 0 aliphatic heterocycles. The average Bonchev–Trinajstić information content (AvgIpc) is 2.70. The van der Waals surface area contributed by atoms with Gasteiger partial charge in [-0.1, -0.05) is 20.3 Å². The van der Waals surface area contributed by atoms with Crippen molar-refractivity contribution in [2.45, 2.75) is 59.9 Å². The molecular formula is C18H25NO2. The van der Waals surface area contributed by atoms with E-state index < -0.39 is 5.97 Å². The van der Waals surface area contributed by atoms with Crippen molar-refractivity contribution >= 4 is 16.9 Å². The van der Waals surface area contributed by atoms with E-state index in [1.807, 2.05) is 13.0 Å². The highest BCUT2D eigenvalue weighted by atomic mass is 16.4. The van der Waals surface area contributed by atoms with Gasteiger partial charge in [0.15, 0.2) is 0 Å². The lowest BCUT2D eigenvalue weighted by Gasteiger charge is -2.09. The summed E-state index contributed by atoms with van der Waals surface area (Å²) in [5.74, 6) is -0.845. The predicted octanol–water partition coefficient (Wildman–Crippen LogP) is 4.71. The lowest BCUT2D eigenvalue weighted by Crippen LogP contribution is -2.02. The van der Waals surface area contributed by atoms with Crippen molar-refractivity contribution in [3.05, 3.63) is 34.5 Å². The number of aromatic carboxylic acids is 1. The standard InChI is InChI=1S/C18H25NO2/c1-5-7-8-15-13(4)19(9-6-2)17-12(3)10-14(18(20)21)11-16(15)17/h10-11H,5-9H2,1-4H3,(H,20,21). The monoisotopic (exact) mass is 287 g/mol. The number of aromatic nitrogens is 1. The first-order valence-corrected chi connectivity index (χ1v) is 7.86. The summed E-state index contributed by atoms with van der Waals surface area (Å²) < 4.78 is 2.36. The second kappa shape index (κ2) is 6.33. The van der Waals surface area contributed by atoms with Gasteiger partial charge in [0.2, 0.25) is 0 Å². The second-order valence-corrected chi connectivity index (χ2v) is 5.81. The number of fused-ring (bicyclic) bond motifs is 1. The minimum absolute atomic E-state index is 0.395. The molecule has 0 amide bonds. The third-order valence-electron chi connectivity index (χ3n) is 4.21. The first kappa shape index (κ1) is 15.6. The maximum Gasteiger partial charge on any atom is 0.335 e. The average molecular weight is 287 g/mol. The van der Waals surface area contributed by atoms with E-state index in [9.17, 15) is 9.90 Å². The highest BCUT2D eigenvalue weighted by Gasteiger charge is 2.17. The summed E-state index contributed by atoms with van der Waals surface area (Å²) in [5.41, 5.74) is 5.29. The Kier molecular flexibility index (Phi) is 4.71. The molecule has 2 rings (SSSR count). The fourth-order valence-electron chi connectivity index (χ4n) is 3.19. The number of nitrogens with zero attached hydrogens (tertiary/aromatic N) is 1. The number of hydrogen-bond acceptors (Lipinski definition) is 1. The number of carboxylic acids is 1. The summed E-state index contributed by atoms with van der Waals surface area (Å²) in [4.78, 5) is 11.3. The SMILES string of the molecule is CCCCc1c(C)n(CCC)c2c(C)cc(C(=O)O)cc12. The predicted molar refractivity (Wildman–Crippen MR) is 87.3 cm³/mol. The summed E-state index contributed by atoms with van der Waals surface area (Å²) in [6, 6.07) is 3.65. The molecule has 0 saturated heterocycles. The Morgan fingerprint density at radius 1 is 1.19 bits per heavy atom. The summed E-state index contributed by atoms with van der Waals surface area (Å²) in [5, 5.41) is 10.4. The fourth-order valence-corrected chi connectivity index (χ4v) is 3.19. The van der Waals surface area contributed by atoms with E-state index in [1.165, 1.54) is 16.8 Å². The minimum Gasteiger partial charge on any atom is -0.478 e. The van der Waals surface area contributed by atoms with Crippen LogP contribution in [0.2, 0.25) is 0 Å². The zero-order valence-electron chi connectivity index (χ0n) is 13.5. The number of carboxylic acid groups (broad SMARTS) is 1. The highest BCUT2D eigenvalue weighted by Crippen LogP contribution is 2.31. The van der Waals surface area contributed by atoms with Crippen molar-refractivity contribution in [1.82, 2.24) is 4.57 Å². The van der Waals surface area contributed by atoms with Crippen molar-refractivity contribution in [2.24, 2.45) is 0 Å². The Morgan fingerprint density at radius 3 is 2.48 bits per heavy atom. The summed E-state index contributed by atoms with van der Waals surface area (Å²) in [7, 11) is 0. The molecule has 0 aliphatic carbocycles. The summed E-state index contributed by atoms with van der Waals surface area (Å²) in [6.07, 6.45) is 4.40. The molecule has 21 heavy (non-hydrogen) atoms. The van der Waals surface area contributed by atoms with E-state index in [1.54, 1.807) is 6.07 Å². The van der Waals surface area contributed by atoms with Gasteiger partial charge in [0, 0.05) is 17.6 Å². The van der Waals surface area contributed by atoms with Crippen molar-refractivity contribution in [3.63, 3.8) is 0 Å². The first-order chi connectivity index (χ1) is 10.0. The lowest BCUT2D eigenvalue weighted by molar-refractivity contribution is 0.0697. The molecule has 0 fully saturated rings. The maximum absolute atomic E-state index is 11.3. The highest BCUT2D eigenvalue weighted by molar-refractivity contribution is 5.97. The quantitative estimate of drug-likeness (QED) is 0.836. The summed E-state index contributed by atoms with van der Waals surface area (Å²) in [6.45, 7) is 9.54. The number of benzene rings is 1. The van der Waals surface area contributed by atoms with Gasteiger partial charge >= 0.3 is 5.97 Å². The van der Waals surface area contributed by atoms with E-state index in [2.05, 4.69) is 25.3 Å². The smallest absolute Gasteiger partial charge is 0.335 e. The maximum atomic E-state index is 11.3. The zero-order valence-corrected chi connectivity index (χ0v) is 13.5. The van der Waals surface area contributed by atoms with Gasteiger partial charge in [0.1, 0.15) is 0 Å². The Morgan fingerprint density at radius 2 is 1.90 bits per heavy atom. The van der Waals surface area contributed by atoms with E-state index >= 15 is 0 Å². The molecule has 3 heteroatoms. The molecule has 0 atom stereocenters. The van der Waals surface area contributed by atoms with Gasteiger partial charge in [-0.15, -0.1) is 0 Å². The third kappa shape index (κ3) is 2.82. The zero-order chi connectivity index (χ0) is 15.6. The molecular weight excluding hydrogens is 262 g/mol. The Labute approximate surface area is 126 Å². The van der Waals surface area contributed by atoms with Crippen LogP contribution in [0.15, 0.2) is 12.1 Å². The number of unbranched alkanes of at least 4 members (excludes halogenated alkanes) is 1. The number of hydrogen-bond donors (Lipinski definition) is 1. The third-order valence-corrected chi connectivity index (χ3v) is 4.21. The van der Waals surface area contributed by atoms with Crippen molar-refractivity contribution in [2.75, 3.05) is 0 Å². The number of carbonyl (C=O) groups is 1. The van der Waals surface area contributed by atoms with Gasteiger partial charge in [0.25, 0.3) is 0 Å². The molecule has 0 spiro atoms. The van der Waals surface area contributed by atoms with Gasteiger partial charge in [-0.3, -0.25) is 0 Å². The van der Waals surface area contributed by atoms with Crippen LogP contribution >= 0.6 is 0 Å². The van der Waals surface area contributed by atoms with Gasteiger partial charge in [0.05, 0.1) is 11.1 Å². The molecule has 0 bridgehead atoms. The van der Waals surface area contributed by atoms with Gasteiger partial charge in [-0.05, 0) is 56.4 Å². The van der Waals surface area contributed by atoms with Crippen LogP contribution in [0.1, 0.15) is 60.3 Å². The van der Waals surface area contributed by atoms with Gasteiger partial charge in [-0.25, -0.2) is 4.79 Å². The van der Waals surface area contributed by atoms with Gasteiger partial charge in [-0.2, -0.15) is 0 Å². The van der Waals surface area contributed by atoms with Crippen LogP contribution in [0.3, 0.4) is 0 Å². The Bertz CT molecular complexity index is 668. The lowest BCUT2D eigenvalue weighted by atomic mass is 10.0. The van der Waals surface area contributed by atoms with Crippen LogP contribution in [-0.4, -0.2) is 15.6 Å². The molecule has 114 valence electrons. The largest absolute Gasteiger partial charge is 0.478 e. The minimum atomic E-state index is -0.845. The molecule has 3 nitrogen and oxygen atoms in total. The van der Waals surface area contributed by atoms with Crippen LogP contribution in [-0.2, 0) is 13.0 Å². The van der Waals surface area contributed by atoms with Crippen molar-refractivity contribution in [1.29, 1.82) is 0 Å². The molecule has 1 aromatic carbocycles. The summed E-state index contributed by atoms with van der Waals surface area (Å²) >= 11 is 0. The van der Waals surface area contributed by atoms with Crippen molar-refractivity contribution < 1.29 is 9.90 Å². The van der Waals surface area contributed by atoms with Gasteiger partial charge < -0.3 is 9.67 Å². The molecule has 0 aliphatic rings. The molecule has 1 aromatic heterocycles. The number of rotatable bonds is 6. The molecule has 1 N–H and O–H groups in total. The van der Waals surface area contributed by atoms with Crippen LogP contribution in [0.5, 0.6) is 0 Å². The first-order valence-electron chi connectivity index (χ1n) is 7.86. The topological polar surface area (TPSA) is 42.2 Å². The molecule has 0 unspecified atom stereocenters. The molecule has 2 aromatic rings. The molecule has 0 saturated carbocycles. The van der Waals surface area contributed by atoms with Crippen LogP contribution in [0.4, 0.5) is 0 Å². The number of aryl methyl sites for hydroxylation is 3. The molecule has 0 radical (unpaired) electrons. The van der Waals surface area contributed by atoms with Crippen LogP contribution in [0, 0.1) is 13.8 Å². The molecule has 1 heterocycles. The normalized spacial score (nSPS) is 11.2. The van der Waals surface area contributed by atoms with E-state index in [0.717, 1.165) is 43.2 Å². The Hall–Kier alpha value is -1.77. The Balaban J connectivity index is 2.73.